The molecule has 7 heteroatoms. The molecule has 1 amide bonds. The van der Waals surface area contributed by atoms with Gasteiger partial charge in [-0.2, -0.15) is 5.10 Å². The van der Waals surface area contributed by atoms with Crippen molar-refractivity contribution in [1.29, 1.82) is 0 Å². The van der Waals surface area contributed by atoms with Gasteiger partial charge in [-0.25, -0.2) is 4.98 Å². The van der Waals surface area contributed by atoms with Crippen LogP contribution in [0, 0.1) is 0 Å². The number of aromatic amines is 1. The Morgan fingerprint density at radius 3 is 2.96 bits per heavy atom. The van der Waals surface area contributed by atoms with Crippen LogP contribution in [-0.2, 0) is 17.8 Å². The van der Waals surface area contributed by atoms with Crippen LogP contribution in [0.4, 0.5) is 0 Å². The fourth-order valence-electron chi connectivity index (χ4n) is 3.27. The second-order valence-corrected chi connectivity index (χ2v) is 6.99. The highest BCUT2D eigenvalue weighted by Gasteiger charge is 2.26. The van der Waals surface area contributed by atoms with Crippen LogP contribution < -0.4 is 10.9 Å². The topological polar surface area (TPSA) is 92.7 Å². The van der Waals surface area contributed by atoms with Crippen LogP contribution in [-0.4, -0.2) is 32.2 Å². The highest BCUT2D eigenvalue weighted by molar-refractivity contribution is 5.76. The summed E-state index contributed by atoms with van der Waals surface area (Å²) in [5.41, 5.74) is 2.92. The van der Waals surface area contributed by atoms with Crippen molar-refractivity contribution < 1.29 is 4.79 Å². The zero-order chi connectivity index (χ0) is 18.6. The number of H-pyrrole nitrogens is 1. The van der Waals surface area contributed by atoms with Crippen LogP contribution in [0.15, 0.2) is 41.3 Å². The first-order valence-electron chi connectivity index (χ1n) is 9.47. The second kappa shape index (κ2) is 7.73. The molecule has 0 saturated heterocycles. The van der Waals surface area contributed by atoms with Crippen molar-refractivity contribution in [3.63, 3.8) is 0 Å². The van der Waals surface area contributed by atoms with Crippen molar-refractivity contribution >= 4 is 16.9 Å². The van der Waals surface area contributed by atoms with E-state index in [9.17, 15) is 9.59 Å². The first-order chi connectivity index (χ1) is 13.2. The second-order valence-electron chi connectivity index (χ2n) is 6.99. The third-order valence-electron chi connectivity index (χ3n) is 4.87. The lowest BCUT2D eigenvalue weighted by Crippen LogP contribution is -2.27. The monoisotopic (exact) mass is 365 g/mol. The number of carbonyl (C=O) groups is 1. The molecule has 0 bridgehead atoms. The van der Waals surface area contributed by atoms with Gasteiger partial charge in [-0.3, -0.25) is 14.3 Å². The van der Waals surface area contributed by atoms with Crippen molar-refractivity contribution in [1.82, 2.24) is 25.1 Å². The molecule has 2 aromatic heterocycles. The molecule has 1 aliphatic rings. The van der Waals surface area contributed by atoms with Crippen molar-refractivity contribution in [2.75, 3.05) is 6.54 Å². The number of nitrogens with one attached hydrogen (secondary N) is 2. The van der Waals surface area contributed by atoms with E-state index in [-0.39, 0.29) is 17.9 Å². The summed E-state index contributed by atoms with van der Waals surface area (Å²) < 4.78 is 2.04. The van der Waals surface area contributed by atoms with Gasteiger partial charge >= 0.3 is 0 Å². The van der Waals surface area contributed by atoms with Gasteiger partial charge in [0.25, 0.3) is 5.56 Å². The van der Waals surface area contributed by atoms with Gasteiger partial charge in [0.2, 0.25) is 5.91 Å². The van der Waals surface area contributed by atoms with E-state index in [2.05, 4.69) is 26.4 Å². The first-order valence-corrected chi connectivity index (χ1v) is 9.47. The summed E-state index contributed by atoms with van der Waals surface area (Å²) in [5.74, 6) is 0.613. The van der Waals surface area contributed by atoms with E-state index in [0.717, 1.165) is 18.5 Å². The first kappa shape index (κ1) is 17.5. The molecule has 7 nitrogen and oxygen atoms in total. The van der Waals surface area contributed by atoms with E-state index >= 15 is 0 Å². The Bertz CT molecular complexity index is 1000. The van der Waals surface area contributed by atoms with Gasteiger partial charge in [0.1, 0.15) is 5.69 Å². The Morgan fingerprint density at radius 2 is 2.11 bits per heavy atom. The van der Waals surface area contributed by atoms with Gasteiger partial charge in [-0.1, -0.05) is 12.1 Å². The number of para-hydroxylation sites is 2. The van der Waals surface area contributed by atoms with Gasteiger partial charge in [0.05, 0.1) is 11.0 Å². The van der Waals surface area contributed by atoms with Crippen LogP contribution in [0.1, 0.15) is 43.0 Å². The van der Waals surface area contributed by atoms with Crippen molar-refractivity contribution in [3.8, 4) is 0 Å². The number of aromatic nitrogens is 4. The predicted molar refractivity (Wildman–Crippen MR) is 103 cm³/mol. The Labute approximate surface area is 156 Å². The number of hydrogen-bond donors (Lipinski definition) is 2. The lowest BCUT2D eigenvalue weighted by Gasteiger charge is -2.08. The summed E-state index contributed by atoms with van der Waals surface area (Å²) in [5, 5.41) is 7.28. The van der Waals surface area contributed by atoms with Crippen LogP contribution in [0.2, 0.25) is 0 Å². The molecule has 1 aromatic carbocycles. The van der Waals surface area contributed by atoms with E-state index in [1.165, 1.54) is 18.5 Å². The molecule has 0 aliphatic heterocycles. The summed E-state index contributed by atoms with van der Waals surface area (Å²) in [7, 11) is 0. The van der Waals surface area contributed by atoms with Crippen LogP contribution in [0.5, 0.6) is 0 Å². The van der Waals surface area contributed by atoms with Crippen molar-refractivity contribution in [2.45, 2.75) is 44.6 Å². The standard InChI is InChI=1S/C20H23N5O2/c26-19(21-11-3-13-25-18(10-12-22-25)14-6-7-14)9-8-17-20(27)24-16-5-2-1-4-15(16)23-17/h1-2,4-5,10,12,14H,3,6-9,11,13H2,(H,21,26)(H,24,27). The molecule has 4 rings (SSSR count). The third kappa shape index (κ3) is 4.24. The molecule has 140 valence electrons. The minimum absolute atomic E-state index is 0.0627. The Morgan fingerprint density at radius 1 is 1.26 bits per heavy atom. The molecular formula is C20H23N5O2. The van der Waals surface area contributed by atoms with E-state index in [4.69, 9.17) is 0 Å². The smallest absolute Gasteiger partial charge is 0.270 e. The summed E-state index contributed by atoms with van der Waals surface area (Å²) in [6, 6.07) is 9.47. The van der Waals surface area contributed by atoms with Crippen molar-refractivity contribution in [3.05, 3.63) is 58.3 Å². The van der Waals surface area contributed by atoms with Gasteiger partial charge in [-0.15, -0.1) is 0 Å². The summed E-state index contributed by atoms with van der Waals surface area (Å²) in [6.45, 7) is 1.41. The number of nitrogens with zero attached hydrogens (tertiary/aromatic N) is 3. The third-order valence-corrected chi connectivity index (χ3v) is 4.87. The molecule has 2 N–H and O–H groups in total. The Balaban J connectivity index is 1.23. The fraction of sp³-hybridized carbons (Fsp3) is 0.400. The molecule has 0 atom stereocenters. The zero-order valence-corrected chi connectivity index (χ0v) is 15.1. The lowest BCUT2D eigenvalue weighted by molar-refractivity contribution is -0.121. The van der Waals surface area contributed by atoms with Gasteiger partial charge < -0.3 is 10.3 Å². The molecule has 1 saturated carbocycles. The number of benzene rings is 1. The Hall–Kier alpha value is -2.96. The number of carbonyl (C=O) groups excluding carboxylic acids is 1. The number of aryl methyl sites for hydroxylation is 2. The largest absolute Gasteiger partial charge is 0.356 e. The molecule has 0 radical (unpaired) electrons. The molecule has 3 aromatic rings. The molecule has 0 unspecified atom stereocenters. The summed E-state index contributed by atoms with van der Waals surface area (Å²) >= 11 is 0. The van der Waals surface area contributed by atoms with E-state index in [1.807, 2.05) is 35.1 Å². The van der Waals surface area contributed by atoms with E-state index in [0.29, 0.717) is 30.1 Å². The molecule has 27 heavy (non-hydrogen) atoms. The highest BCUT2D eigenvalue weighted by Crippen LogP contribution is 2.39. The number of fused-ring (bicyclic) bond motifs is 1. The predicted octanol–water partition coefficient (Wildman–Crippen LogP) is 2.14. The van der Waals surface area contributed by atoms with Gasteiger partial charge in [0.15, 0.2) is 0 Å². The van der Waals surface area contributed by atoms with E-state index < -0.39 is 0 Å². The average molecular weight is 365 g/mol. The maximum atomic E-state index is 12.1. The zero-order valence-electron chi connectivity index (χ0n) is 15.1. The molecular weight excluding hydrogens is 342 g/mol. The summed E-state index contributed by atoms with van der Waals surface area (Å²) in [6.07, 6.45) is 5.78. The van der Waals surface area contributed by atoms with Crippen LogP contribution in [0.25, 0.3) is 11.0 Å². The summed E-state index contributed by atoms with van der Waals surface area (Å²) in [4.78, 5) is 31.3. The minimum atomic E-state index is -0.229. The number of rotatable bonds is 8. The molecule has 1 fully saturated rings. The van der Waals surface area contributed by atoms with E-state index in [1.54, 1.807) is 0 Å². The molecule has 2 heterocycles. The maximum absolute atomic E-state index is 12.1. The average Bonchev–Trinajstić information content (AvgIpc) is 3.41. The minimum Gasteiger partial charge on any atom is -0.356 e. The fourth-order valence-corrected chi connectivity index (χ4v) is 3.27. The normalized spacial score (nSPS) is 13.8. The number of amides is 1. The van der Waals surface area contributed by atoms with Crippen LogP contribution >= 0.6 is 0 Å². The Kier molecular flexibility index (Phi) is 5.00. The lowest BCUT2D eigenvalue weighted by atomic mass is 10.2. The van der Waals surface area contributed by atoms with Crippen molar-refractivity contribution in [2.24, 2.45) is 0 Å². The van der Waals surface area contributed by atoms with Crippen LogP contribution in [0.3, 0.4) is 0 Å². The number of hydrogen-bond acceptors (Lipinski definition) is 4. The molecule has 0 spiro atoms. The van der Waals surface area contributed by atoms with Gasteiger partial charge in [0, 0.05) is 43.7 Å². The highest BCUT2D eigenvalue weighted by atomic mass is 16.1. The molecule has 1 aliphatic carbocycles. The SMILES string of the molecule is O=C(CCc1nc2ccccc2[nH]c1=O)NCCCn1nccc1C1CC1. The maximum Gasteiger partial charge on any atom is 0.270 e. The van der Waals surface area contributed by atoms with Gasteiger partial charge in [-0.05, 0) is 37.5 Å². The quantitative estimate of drug-likeness (QED) is 0.598.